The highest BCUT2D eigenvalue weighted by atomic mass is 32.1. The van der Waals surface area contributed by atoms with Crippen LogP contribution in [-0.4, -0.2) is 19.5 Å². The van der Waals surface area contributed by atoms with E-state index in [2.05, 4.69) is 102 Å². The first-order valence-corrected chi connectivity index (χ1v) is 16.9. The SMILES string of the molecule is c1ccc(-c2nc(-c3ccccc3)nc(-c3cccc(-n4c5ccccc5c5c6ccccc6c6c7ccccc7sc6c54)c3)n2)cc1. The average molecular weight is 631 g/mol. The van der Waals surface area contributed by atoms with Gasteiger partial charge in [0.05, 0.1) is 15.7 Å². The highest BCUT2D eigenvalue weighted by Crippen LogP contribution is 2.47. The third-order valence-electron chi connectivity index (χ3n) is 9.21. The molecule has 0 saturated carbocycles. The van der Waals surface area contributed by atoms with E-state index in [-0.39, 0.29) is 0 Å². The second kappa shape index (κ2) is 10.7. The molecule has 0 bridgehead atoms. The lowest BCUT2D eigenvalue weighted by Gasteiger charge is -2.12. The van der Waals surface area contributed by atoms with Gasteiger partial charge in [0, 0.05) is 48.6 Å². The molecule has 224 valence electrons. The third kappa shape index (κ3) is 4.11. The Morgan fingerprint density at radius 1 is 0.417 bits per heavy atom. The Balaban J connectivity index is 1.28. The molecular weight excluding hydrogens is 605 g/mol. The zero-order valence-electron chi connectivity index (χ0n) is 25.7. The number of hydrogen-bond donors (Lipinski definition) is 0. The minimum Gasteiger partial charge on any atom is -0.308 e. The maximum atomic E-state index is 5.04. The molecule has 0 saturated heterocycles. The maximum absolute atomic E-state index is 5.04. The summed E-state index contributed by atoms with van der Waals surface area (Å²) in [6.07, 6.45) is 0. The van der Waals surface area contributed by atoms with Gasteiger partial charge in [0.25, 0.3) is 0 Å². The van der Waals surface area contributed by atoms with Crippen molar-refractivity contribution in [1.82, 2.24) is 19.5 Å². The van der Waals surface area contributed by atoms with E-state index in [0.717, 1.165) is 22.4 Å². The normalized spacial score (nSPS) is 11.8. The standard InChI is InChI=1S/C43H26N4S/c1-3-14-27(15-4-1)41-44-42(28-16-5-2-6-17-28)46-43(45-41)29-18-13-19-30(26-29)47-35-24-11-9-22-33(35)37-31-20-7-8-21-32(31)38-34-23-10-12-25-36(34)48-40(38)39(37)47/h1-26H. The monoisotopic (exact) mass is 630 g/mol. The van der Waals surface area contributed by atoms with Crippen LogP contribution in [0.3, 0.4) is 0 Å². The molecule has 3 aromatic heterocycles. The molecule has 0 aliphatic rings. The number of fused-ring (bicyclic) bond motifs is 10. The van der Waals surface area contributed by atoms with Crippen molar-refractivity contribution in [2.24, 2.45) is 0 Å². The summed E-state index contributed by atoms with van der Waals surface area (Å²) in [6.45, 7) is 0. The van der Waals surface area contributed by atoms with Gasteiger partial charge in [0.1, 0.15) is 0 Å². The molecule has 5 heteroatoms. The molecule has 0 aliphatic heterocycles. The van der Waals surface area contributed by atoms with E-state index in [9.17, 15) is 0 Å². The quantitative estimate of drug-likeness (QED) is 0.194. The zero-order chi connectivity index (χ0) is 31.6. The Morgan fingerprint density at radius 3 is 1.62 bits per heavy atom. The molecule has 0 spiro atoms. The van der Waals surface area contributed by atoms with E-state index in [0.29, 0.717) is 17.5 Å². The number of benzene rings is 7. The molecule has 10 rings (SSSR count). The van der Waals surface area contributed by atoms with Crippen LogP contribution < -0.4 is 0 Å². The number of para-hydroxylation sites is 1. The van der Waals surface area contributed by atoms with Gasteiger partial charge in [-0.25, -0.2) is 15.0 Å². The first kappa shape index (κ1) is 27.0. The molecule has 7 aromatic carbocycles. The van der Waals surface area contributed by atoms with E-state index < -0.39 is 0 Å². The van der Waals surface area contributed by atoms with Crippen LogP contribution in [0.1, 0.15) is 0 Å². The predicted molar refractivity (Wildman–Crippen MR) is 201 cm³/mol. The van der Waals surface area contributed by atoms with E-state index in [1.807, 2.05) is 72.0 Å². The molecule has 0 radical (unpaired) electrons. The van der Waals surface area contributed by atoms with Crippen molar-refractivity contribution in [1.29, 1.82) is 0 Å². The fraction of sp³-hybridized carbons (Fsp3) is 0. The third-order valence-corrected chi connectivity index (χ3v) is 10.4. The second-order valence-corrected chi connectivity index (χ2v) is 13.1. The molecule has 10 aromatic rings. The van der Waals surface area contributed by atoms with Crippen molar-refractivity contribution in [3.8, 4) is 39.9 Å². The van der Waals surface area contributed by atoms with Crippen LogP contribution in [0.25, 0.3) is 92.6 Å². The first-order valence-electron chi connectivity index (χ1n) is 16.0. The smallest absolute Gasteiger partial charge is 0.164 e. The van der Waals surface area contributed by atoms with Crippen molar-refractivity contribution >= 4 is 64.1 Å². The van der Waals surface area contributed by atoms with Crippen LogP contribution in [0, 0.1) is 0 Å². The lowest BCUT2D eigenvalue weighted by molar-refractivity contribution is 1.07. The Morgan fingerprint density at radius 2 is 0.938 bits per heavy atom. The van der Waals surface area contributed by atoms with E-state index in [1.54, 1.807) is 0 Å². The van der Waals surface area contributed by atoms with E-state index >= 15 is 0 Å². The van der Waals surface area contributed by atoms with Crippen LogP contribution in [-0.2, 0) is 0 Å². The topological polar surface area (TPSA) is 43.6 Å². The number of aromatic nitrogens is 4. The predicted octanol–water partition coefficient (Wildman–Crippen LogP) is 11.5. The van der Waals surface area contributed by atoms with Crippen molar-refractivity contribution in [3.63, 3.8) is 0 Å². The molecule has 0 amide bonds. The molecule has 0 unspecified atom stereocenters. The van der Waals surface area contributed by atoms with Gasteiger partial charge in [-0.2, -0.15) is 0 Å². The van der Waals surface area contributed by atoms with Gasteiger partial charge in [0.15, 0.2) is 17.5 Å². The molecule has 48 heavy (non-hydrogen) atoms. The van der Waals surface area contributed by atoms with Crippen LogP contribution in [0.4, 0.5) is 0 Å². The summed E-state index contributed by atoms with van der Waals surface area (Å²) < 4.78 is 5.03. The van der Waals surface area contributed by atoms with Crippen LogP contribution in [0.15, 0.2) is 158 Å². The van der Waals surface area contributed by atoms with Crippen LogP contribution in [0.2, 0.25) is 0 Å². The van der Waals surface area contributed by atoms with Crippen molar-refractivity contribution in [2.75, 3.05) is 0 Å². The second-order valence-electron chi connectivity index (χ2n) is 12.0. The summed E-state index contributed by atoms with van der Waals surface area (Å²) in [5, 5.41) is 7.70. The molecule has 4 nitrogen and oxygen atoms in total. The van der Waals surface area contributed by atoms with Gasteiger partial charge >= 0.3 is 0 Å². The number of rotatable bonds is 4. The van der Waals surface area contributed by atoms with Crippen molar-refractivity contribution in [2.45, 2.75) is 0 Å². The summed E-state index contributed by atoms with van der Waals surface area (Å²) in [4.78, 5) is 15.0. The Hall–Kier alpha value is -6.17. The minimum atomic E-state index is 0.641. The lowest BCUT2D eigenvalue weighted by Crippen LogP contribution is -2.01. The number of thiophene rings is 1. The fourth-order valence-corrected chi connectivity index (χ4v) is 8.37. The first-order chi connectivity index (χ1) is 23.8. The molecule has 0 N–H and O–H groups in total. The highest BCUT2D eigenvalue weighted by molar-refractivity contribution is 7.27. The summed E-state index contributed by atoms with van der Waals surface area (Å²) in [5.41, 5.74) is 6.31. The van der Waals surface area contributed by atoms with E-state index in [1.165, 1.54) is 52.8 Å². The molecule has 0 atom stereocenters. The van der Waals surface area contributed by atoms with Crippen molar-refractivity contribution in [3.05, 3.63) is 158 Å². The lowest BCUT2D eigenvalue weighted by atomic mass is 9.99. The maximum Gasteiger partial charge on any atom is 0.164 e. The average Bonchev–Trinajstić information content (AvgIpc) is 3.73. The largest absolute Gasteiger partial charge is 0.308 e. The number of nitrogens with zero attached hydrogens (tertiary/aromatic N) is 4. The Kier molecular flexibility index (Phi) is 6.01. The van der Waals surface area contributed by atoms with E-state index in [4.69, 9.17) is 15.0 Å². The van der Waals surface area contributed by atoms with Crippen molar-refractivity contribution < 1.29 is 0 Å². The van der Waals surface area contributed by atoms with Gasteiger partial charge < -0.3 is 4.57 Å². The highest BCUT2D eigenvalue weighted by Gasteiger charge is 2.22. The van der Waals surface area contributed by atoms with Crippen LogP contribution in [0.5, 0.6) is 0 Å². The molecular formula is C43H26N4S. The van der Waals surface area contributed by atoms with Gasteiger partial charge in [-0.15, -0.1) is 11.3 Å². The summed E-state index contributed by atoms with van der Waals surface area (Å²) in [7, 11) is 0. The van der Waals surface area contributed by atoms with Gasteiger partial charge in [0.2, 0.25) is 0 Å². The van der Waals surface area contributed by atoms with Gasteiger partial charge in [-0.3, -0.25) is 0 Å². The summed E-state index contributed by atoms with van der Waals surface area (Å²) in [5.74, 6) is 1.95. The molecule has 3 heterocycles. The van der Waals surface area contributed by atoms with Gasteiger partial charge in [-0.05, 0) is 35.0 Å². The molecule has 0 fully saturated rings. The Bertz CT molecular complexity index is 2780. The van der Waals surface area contributed by atoms with Crippen LogP contribution >= 0.6 is 11.3 Å². The minimum absolute atomic E-state index is 0.641. The summed E-state index contributed by atoms with van der Waals surface area (Å²) in [6, 6.07) is 55.3. The number of hydrogen-bond acceptors (Lipinski definition) is 4. The molecule has 0 aliphatic carbocycles. The fourth-order valence-electron chi connectivity index (χ4n) is 7.12. The van der Waals surface area contributed by atoms with Gasteiger partial charge in [-0.1, -0.05) is 133 Å². The summed E-state index contributed by atoms with van der Waals surface area (Å²) >= 11 is 1.88. The Labute approximate surface area is 280 Å². The zero-order valence-corrected chi connectivity index (χ0v) is 26.5.